The predicted octanol–water partition coefficient (Wildman–Crippen LogP) is 3.14. The normalized spacial score (nSPS) is 28.0. The number of phenolic OH excluding ortho intramolecular Hbond substituents is 1. The molecule has 0 spiro atoms. The van der Waals surface area contributed by atoms with Gasteiger partial charge in [0.05, 0.1) is 5.69 Å². The smallest absolute Gasteiger partial charge is 0.258 e. The van der Waals surface area contributed by atoms with Crippen molar-refractivity contribution in [2.75, 3.05) is 0 Å². The molecule has 0 amide bonds. The molecule has 3 atom stereocenters. The molecule has 2 aliphatic heterocycles. The largest absolute Gasteiger partial charge is 0.507 e. The van der Waals surface area contributed by atoms with Crippen molar-refractivity contribution >= 4 is 10.8 Å². The minimum Gasteiger partial charge on any atom is -0.507 e. The Balaban J connectivity index is 1.41. The van der Waals surface area contributed by atoms with E-state index in [-0.39, 0.29) is 28.5 Å². The molecule has 0 saturated carbocycles. The monoisotopic (exact) mass is 406 g/mol. The van der Waals surface area contributed by atoms with Crippen molar-refractivity contribution in [2.24, 2.45) is 7.05 Å². The fraction of sp³-hybridized carbons (Fsp3) is 0.435. The minimum atomic E-state index is -0.121. The second-order valence-corrected chi connectivity index (χ2v) is 9.34. The SMILES string of the molecule is Cn1ccc2cc(O)c(-c3ccc(O[C@H]4C[C@]5(C)CC[C@](C)(C4)N5)nn3)cc2c1=O. The molecular weight excluding hydrogens is 380 g/mol. The predicted molar refractivity (Wildman–Crippen MR) is 115 cm³/mol. The Morgan fingerprint density at radius 2 is 1.87 bits per heavy atom. The van der Waals surface area contributed by atoms with E-state index in [2.05, 4.69) is 29.4 Å². The Morgan fingerprint density at radius 3 is 2.53 bits per heavy atom. The first kappa shape index (κ1) is 19.1. The van der Waals surface area contributed by atoms with Crippen molar-refractivity contribution < 1.29 is 9.84 Å². The van der Waals surface area contributed by atoms with Gasteiger partial charge in [-0.05, 0) is 56.3 Å². The second-order valence-electron chi connectivity index (χ2n) is 9.34. The number of hydrogen-bond donors (Lipinski definition) is 2. The van der Waals surface area contributed by atoms with Crippen molar-refractivity contribution in [3.8, 4) is 22.9 Å². The zero-order valence-corrected chi connectivity index (χ0v) is 17.5. The molecule has 4 heterocycles. The van der Waals surface area contributed by atoms with Gasteiger partial charge >= 0.3 is 0 Å². The molecule has 2 saturated heterocycles. The molecule has 2 fully saturated rings. The quantitative estimate of drug-likeness (QED) is 0.695. The molecule has 1 aromatic carbocycles. The molecule has 156 valence electrons. The lowest BCUT2D eigenvalue weighted by molar-refractivity contribution is 0.0754. The van der Waals surface area contributed by atoms with Gasteiger partial charge < -0.3 is 19.7 Å². The summed E-state index contributed by atoms with van der Waals surface area (Å²) in [6.45, 7) is 4.52. The number of aromatic hydroxyl groups is 1. The molecule has 5 rings (SSSR count). The van der Waals surface area contributed by atoms with Gasteiger partial charge in [-0.1, -0.05) is 0 Å². The first-order valence-electron chi connectivity index (χ1n) is 10.4. The van der Waals surface area contributed by atoms with Gasteiger partial charge in [-0.25, -0.2) is 0 Å². The van der Waals surface area contributed by atoms with Gasteiger partial charge in [0.15, 0.2) is 0 Å². The highest BCUT2D eigenvalue weighted by Crippen LogP contribution is 2.43. The molecule has 0 unspecified atom stereocenters. The van der Waals surface area contributed by atoms with Crippen LogP contribution in [0.1, 0.15) is 39.5 Å². The maximum atomic E-state index is 12.4. The van der Waals surface area contributed by atoms with E-state index < -0.39 is 0 Å². The summed E-state index contributed by atoms with van der Waals surface area (Å²) < 4.78 is 7.68. The van der Waals surface area contributed by atoms with E-state index in [0.717, 1.165) is 25.7 Å². The molecule has 2 aliphatic rings. The first-order valence-corrected chi connectivity index (χ1v) is 10.4. The van der Waals surface area contributed by atoms with Gasteiger partial charge in [0.1, 0.15) is 11.9 Å². The third-order valence-corrected chi connectivity index (χ3v) is 6.59. The van der Waals surface area contributed by atoms with E-state index in [4.69, 9.17) is 4.74 Å². The van der Waals surface area contributed by atoms with Crippen molar-refractivity contribution in [1.82, 2.24) is 20.1 Å². The first-order chi connectivity index (χ1) is 14.2. The Labute approximate surface area is 174 Å². The topological polar surface area (TPSA) is 89.3 Å². The van der Waals surface area contributed by atoms with E-state index in [1.54, 1.807) is 43.6 Å². The zero-order valence-electron chi connectivity index (χ0n) is 17.5. The third-order valence-electron chi connectivity index (χ3n) is 6.59. The highest BCUT2D eigenvalue weighted by Gasteiger charge is 2.49. The summed E-state index contributed by atoms with van der Waals surface area (Å²) in [6.07, 6.45) is 6.00. The van der Waals surface area contributed by atoms with Crippen LogP contribution in [0.2, 0.25) is 0 Å². The van der Waals surface area contributed by atoms with Crippen LogP contribution in [0.15, 0.2) is 41.3 Å². The van der Waals surface area contributed by atoms with Gasteiger partial charge in [0.2, 0.25) is 5.88 Å². The van der Waals surface area contributed by atoms with Gasteiger partial charge in [-0.2, -0.15) is 0 Å². The number of phenols is 1. The van der Waals surface area contributed by atoms with E-state index in [9.17, 15) is 9.90 Å². The molecule has 7 heteroatoms. The van der Waals surface area contributed by atoms with Gasteiger partial charge in [-0.3, -0.25) is 4.79 Å². The molecule has 0 aliphatic carbocycles. The number of ether oxygens (including phenoxy) is 1. The van der Waals surface area contributed by atoms with Crippen LogP contribution in [-0.4, -0.2) is 37.1 Å². The molecule has 30 heavy (non-hydrogen) atoms. The van der Waals surface area contributed by atoms with Crippen LogP contribution < -0.4 is 15.6 Å². The number of rotatable bonds is 3. The number of hydrogen-bond acceptors (Lipinski definition) is 6. The molecule has 3 aromatic rings. The van der Waals surface area contributed by atoms with E-state index in [1.807, 2.05) is 0 Å². The van der Waals surface area contributed by atoms with E-state index >= 15 is 0 Å². The number of benzene rings is 1. The Kier molecular flexibility index (Phi) is 4.15. The number of nitrogens with zero attached hydrogens (tertiary/aromatic N) is 3. The Bertz CT molecular complexity index is 1170. The lowest BCUT2D eigenvalue weighted by atomic mass is 9.86. The Hall–Kier alpha value is -2.93. The number of fused-ring (bicyclic) bond motifs is 3. The van der Waals surface area contributed by atoms with Gasteiger partial charge in [-0.15, -0.1) is 10.2 Å². The lowest BCUT2D eigenvalue weighted by Gasteiger charge is -2.41. The highest BCUT2D eigenvalue weighted by molar-refractivity contribution is 5.89. The molecule has 2 aromatic heterocycles. The molecular formula is C23H26N4O3. The summed E-state index contributed by atoms with van der Waals surface area (Å²) in [5.74, 6) is 0.544. The zero-order chi connectivity index (χ0) is 21.1. The molecule has 2 bridgehead atoms. The maximum Gasteiger partial charge on any atom is 0.258 e. The summed E-state index contributed by atoms with van der Waals surface area (Å²) in [5.41, 5.74) is 1.09. The van der Waals surface area contributed by atoms with Crippen LogP contribution in [0.3, 0.4) is 0 Å². The molecule has 7 nitrogen and oxygen atoms in total. The molecule has 2 N–H and O–H groups in total. The van der Waals surface area contributed by atoms with Crippen molar-refractivity contribution in [3.63, 3.8) is 0 Å². The second kappa shape index (κ2) is 6.54. The number of aryl methyl sites for hydroxylation is 1. The standard InChI is InChI=1S/C23H26N4O3/c1-22-7-8-23(2,26-22)13-15(12-22)30-20-5-4-18(24-25-20)17-11-16-14(10-19(17)28)6-9-27(3)21(16)29/h4-6,9-11,15,26,28H,7-8,12-13H2,1-3H3/t15-,22-,23+. The summed E-state index contributed by atoms with van der Waals surface area (Å²) in [7, 11) is 1.70. The van der Waals surface area contributed by atoms with E-state index in [0.29, 0.717) is 27.9 Å². The van der Waals surface area contributed by atoms with Crippen LogP contribution >= 0.6 is 0 Å². The molecule has 0 radical (unpaired) electrons. The van der Waals surface area contributed by atoms with Gasteiger partial charge in [0, 0.05) is 54.2 Å². The summed E-state index contributed by atoms with van der Waals surface area (Å²) >= 11 is 0. The van der Waals surface area contributed by atoms with Crippen molar-refractivity contribution in [1.29, 1.82) is 0 Å². The van der Waals surface area contributed by atoms with E-state index in [1.165, 1.54) is 4.57 Å². The fourth-order valence-corrected chi connectivity index (χ4v) is 5.15. The minimum absolute atomic E-state index is 0.0644. The average molecular weight is 406 g/mol. The van der Waals surface area contributed by atoms with Crippen molar-refractivity contribution in [2.45, 2.75) is 56.7 Å². The number of nitrogens with one attached hydrogen (secondary N) is 1. The van der Waals surface area contributed by atoms with Crippen LogP contribution in [-0.2, 0) is 7.05 Å². The van der Waals surface area contributed by atoms with Gasteiger partial charge in [0.25, 0.3) is 5.56 Å². The lowest BCUT2D eigenvalue weighted by Crippen LogP contribution is -2.56. The van der Waals surface area contributed by atoms with Crippen LogP contribution in [0.4, 0.5) is 0 Å². The number of aromatic nitrogens is 3. The van der Waals surface area contributed by atoms with Crippen LogP contribution in [0.25, 0.3) is 22.0 Å². The third kappa shape index (κ3) is 3.23. The number of pyridine rings is 1. The van der Waals surface area contributed by atoms with Crippen molar-refractivity contribution in [3.05, 3.63) is 46.9 Å². The number of piperidine rings is 1. The summed E-state index contributed by atoms with van der Waals surface area (Å²) in [6, 6.07) is 8.61. The highest BCUT2D eigenvalue weighted by atomic mass is 16.5. The summed E-state index contributed by atoms with van der Waals surface area (Å²) in [5, 5.41) is 23.9. The summed E-state index contributed by atoms with van der Waals surface area (Å²) in [4.78, 5) is 12.4. The average Bonchev–Trinajstić information content (AvgIpc) is 2.92. The van der Waals surface area contributed by atoms with Crippen LogP contribution in [0.5, 0.6) is 11.6 Å². The maximum absolute atomic E-state index is 12.4. The Morgan fingerprint density at radius 1 is 1.13 bits per heavy atom. The fourth-order valence-electron chi connectivity index (χ4n) is 5.15. The van der Waals surface area contributed by atoms with Crippen LogP contribution in [0, 0.1) is 0 Å².